The maximum absolute atomic E-state index is 11.4. The summed E-state index contributed by atoms with van der Waals surface area (Å²) in [7, 11) is 1.92. The van der Waals surface area contributed by atoms with Crippen molar-refractivity contribution < 1.29 is 9.53 Å². The van der Waals surface area contributed by atoms with Gasteiger partial charge in [0.25, 0.3) is 0 Å². The first-order valence-corrected chi connectivity index (χ1v) is 5.61. The largest absolute Gasteiger partial charge is 0.374 e. The highest BCUT2D eigenvalue weighted by atomic mass is 16.5. The third-order valence-electron chi connectivity index (χ3n) is 2.38. The van der Waals surface area contributed by atoms with Crippen LogP contribution in [0.5, 0.6) is 0 Å². The molecule has 1 unspecified atom stereocenters. The lowest BCUT2D eigenvalue weighted by atomic mass is 10.3. The molecule has 1 heterocycles. The van der Waals surface area contributed by atoms with E-state index in [9.17, 15) is 4.79 Å². The average molecular weight is 227 g/mol. The zero-order valence-corrected chi connectivity index (χ0v) is 9.87. The van der Waals surface area contributed by atoms with Gasteiger partial charge in [-0.2, -0.15) is 0 Å². The van der Waals surface area contributed by atoms with Crippen LogP contribution >= 0.6 is 0 Å². The van der Waals surface area contributed by atoms with E-state index in [0.717, 1.165) is 26.2 Å². The summed E-state index contributed by atoms with van der Waals surface area (Å²) in [4.78, 5) is 13.4. The van der Waals surface area contributed by atoms with Crippen LogP contribution < -0.4 is 10.6 Å². The fourth-order valence-corrected chi connectivity index (χ4v) is 1.64. The number of nitrogens with zero attached hydrogens (tertiary/aromatic N) is 1. The van der Waals surface area contributed by atoms with Gasteiger partial charge in [0, 0.05) is 26.2 Å². The Labute approximate surface area is 96.8 Å². The van der Waals surface area contributed by atoms with Crippen LogP contribution in [0.1, 0.15) is 0 Å². The van der Waals surface area contributed by atoms with Crippen LogP contribution in [-0.2, 0) is 9.53 Å². The van der Waals surface area contributed by atoms with Gasteiger partial charge in [0.15, 0.2) is 0 Å². The van der Waals surface area contributed by atoms with Gasteiger partial charge in [-0.25, -0.2) is 0 Å². The summed E-state index contributed by atoms with van der Waals surface area (Å²) in [6.45, 7) is 7.77. The lowest BCUT2D eigenvalue weighted by Gasteiger charge is -2.27. The molecule has 0 radical (unpaired) electrons. The molecule has 1 saturated heterocycles. The monoisotopic (exact) mass is 227 g/mol. The molecule has 1 fully saturated rings. The van der Waals surface area contributed by atoms with Gasteiger partial charge >= 0.3 is 0 Å². The van der Waals surface area contributed by atoms with Crippen molar-refractivity contribution in [2.75, 3.05) is 46.4 Å². The molecule has 1 aliphatic heterocycles. The van der Waals surface area contributed by atoms with E-state index in [1.54, 1.807) is 6.08 Å². The maximum Gasteiger partial charge on any atom is 0.234 e. The molecule has 5 nitrogen and oxygen atoms in total. The molecule has 0 spiro atoms. The Bertz CT molecular complexity index is 227. The lowest BCUT2D eigenvalue weighted by Crippen LogP contribution is -2.46. The number of carbonyl (C=O) groups excluding carboxylic acids is 1. The van der Waals surface area contributed by atoms with Gasteiger partial charge in [-0.05, 0) is 7.05 Å². The number of ether oxygens (including phenoxy) is 1. The van der Waals surface area contributed by atoms with Crippen molar-refractivity contribution in [3.8, 4) is 0 Å². The zero-order valence-electron chi connectivity index (χ0n) is 9.87. The van der Waals surface area contributed by atoms with E-state index in [2.05, 4.69) is 17.2 Å². The molecule has 0 saturated carbocycles. The summed E-state index contributed by atoms with van der Waals surface area (Å²) in [6.07, 6.45) is 1.86. The highest BCUT2D eigenvalue weighted by Crippen LogP contribution is 1.98. The van der Waals surface area contributed by atoms with E-state index in [1.165, 1.54) is 0 Å². The van der Waals surface area contributed by atoms with Crippen molar-refractivity contribution in [2.45, 2.75) is 6.10 Å². The summed E-state index contributed by atoms with van der Waals surface area (Å²) in [5, 5.41) is 6.01. The number of rotatable bonds is 6. The lowest BCUT2D eigenvalue weighted by molar-refractivity contribution is -0.122. The predicted molar refractivity (Wildman–Crippen MR) is 63.3 cm³/mol. The first-order valence-electron chi connectivity index (χ1n) is 5.61. The Balaban J connectivity index is 2.15. The van der Waals surface area contributed by atoms with E-state index in [0.29, 0.717) is 13.1 Å². The van der Waals surface area contributed by atoms with Gasteiger partial charge in [-0.15, -0.1) is 6.58 Å². The van der Waals surface area contributed by atoms with Crippen molar-refractivity contribution in [1.82, 2.24) is 15.5 Å². The summed E-state index contributed by atoms with van der Waals surface area (Å²) >= 11 is 0. The molecule has 0 aromatic rings. The van der Waals surface area contributed by atoms with Crippen molar-refractivity contribution >= 4 is 5.91 Å². The van der Waals surface area contributed by atoms with E-state index in [-0.39, 0.29) is 12.0 Å². The van der Waals surface area contributed by atoms with Gasteiger partial charge < -0.3 is 15.4 Å². The molecule has 0 aliphatic carbocycles. The number of hydrogen-bond donors (Lipinski definition) is 2. The third kappa shape index (κ3) is 5.25. The predicted octanol–water partition coefficient (Wildman–Crippen LogP) is -0.791. The maximum atomic E-state index is 11.4. The summed E-state index contributed by atoms with van der Waals surface area (Å²) in [5.74, 6) is 0.0196. The number of likely N-dealkylation sites (N-methyl/N-ethyl adjacent to an activating group) is 1. The van der Waals surface area contributed by atoms with Gasteiger partial charge in [0.05, 0.1) is 19.3 Å². The van der Waals surface area contributed by atoms with Crippen molar-refractivity contribution in [3.05, 3.63) is 12.7 Å². The highest BCUT2D eigenvalue weighted by Gasteiger charge is 2.16. The molecule has 0 bridgehead atoms. The molecular formula is C11H21N3O2. The first kappa shape index (κ1) is 13.2. The first-order chi connectivity index (χ1) is 7.72. The van der Waals surface area contributed by atoms with Crippen LogP contribution in [0.25, 0.3) is 0 Å². The molecule has 0 aromatic carbocycles. The Kier molecular flexibility index (Phi) is 6.07. The Hall–Kier alpha value is -0.910. The number of morpholine rings is 1. The van der Waals surface area contributed by atoms with Crippen LogP contribution in [-0.4, -0.2) is 63.3 Å². The van der Waals surface area contributed by atoms with E-state index >= 15 is 0 Å². The number of nitrogens with one attached hydrogen (secondary N) is 2. The summed E-state index contributed by atoms with van der Waals surface area (Å²) in [6, 6.07) is 0. The minimum Gasteiger partial charge on any atom is -0.374 e. The molecule has 2 N–H and O–H groups in total. The van der Waals surface area contributed by atoms with Gasteiger partial charge in [-0.1, -0.05) is 6.08 Å². The highest BCUT2D eigenvalue weighted by molar-refractivity contribution is 5.78. The molecular weight excluding hydrogens is 206 g/mol. The Morgan fingerprint density at radius 1 is 1.75 bits per heavy atom. The van der Waals surface area contributed by atoms with Crippen LogP contribution in [0.2, 0.25) is 0 Å². The van der Waals surface area contributed by atoms with Crippen LogP contribution in [0.15, 0.2) is 12.7 Å². The van der Waals surface area contributed by atoms with Crippen molar-refractivity contribution in [2.24, 2.45) is 0 Å². The molecule has 1 atom stereocenters. The SMILES string of the molecule is C=CCNC(=O)CN(C)CC1CNCCO1. The van der Waals surface area contributed by atoms with Crippen LogP contribution in [0.4, 0.5) is 0 Å². The fraction of sp³-hybridized carbons (Fsp3) is 0.727. The normalized spacial score (nSPS) is 20.8. The third-order valence-corrected chi connectivity index (χ3v) is 2.38. The van der Waals surface area contributed by atoms with Crippen LogP contribution in [0.3, 0.4) is 0 Å². The van der Waals surface area contributed by atoms with E-state index in [4.69, 9.17) is 4.74 Å². The van der Waals surface area contributed by atoms with Crippen molar-refractivity contribution in [3.63, 3.8) is 0 Å². The molecule has 16 heavy (non-hydrogen) atoms. The van der Waals surface area contributed by atoms with Gasteiger partial charge in [-0.3, -0.25) is 9.69 Å². The van der Waals surface area contributed by atoms with E-state index < -0.39 is 0 Å². The van der Waals surface area contributed by atoms with E-state index in [1.807, 2.05) is 11.9 Å². The minimum atomic E-state index is 0.0196. The average Bonchev–Trinajstić information content (AvgIpc) is 2.27. The zero-order chi connectivity index (χ0) is 11.8. The number of carbonyl (C=O) groups is 1. The molecule has 5 heteroatoms. The Morgan fingerprint density at radius 2 is 2.56 bits per heavy atom. The van der Waals surface area contributed by atoms with Gasteiger partial charge in [0.2, 0.25) is 5.91 Å². The van der Waals surface area contributed by atoms with Crippen LogP contribution in [0, 0.1) is 0 Å². The Morgan fingerprint density at radius 3 is 3.19 bits per heavy atom. The second-order valence-electron chi connectivity index (χ2n) is 3.99. The quantitative estimate of drug-likeness (QED) is 0.584. The summed E-state index contributed by atoms with van der Waals surface area (Å²) < 4.78 is 5.56. The molecule has 1 rings (SSSR count). The van der Waals surface area contributed by atoms with Crippen molar-refractivity contribution in [1.29, 1.82) is 0 Å². The fourth-order valence-electron chi connectivity index (χ4n) is 1.64. The number of hydrogen-bond acceptors (Lipinski definition) is 4. The standard InChI is InChI=1S/C11H21N3O2/c1-3-4-13-11(15)9-14(2)8-10-7-12-5-6-16-10/h3,10,12H,1,4-9H2,2H3,(H,13,15). The smallest absolute Gasteiger partial charge is 0.234 e. The van der Waals surface area contributed by atoms with Gasteiger partial charge in [0.1, 0.15) is 0 Å². The molecule has 0 aromatic heterocycles. The second-order valence-corrected chi connectivity index (χ2v) is 3.99. The summed E-state index contributed by atoms with van der Waals surface area (Å²) in [5.41, 5.74) is 0. The topological polar surface area (TPSA) is 53.6 Å². The molecule has 1 amide bonds. The second kappa shape index (κ2) is 7.38. The minimum absolute atomic E-state index is 0.0196. The molecule has 92 valence electrons. The molecule has 1 aliphatic rings. The number of amides is 1.